The molecule has 0 saturated carbocycles. The van der Waals surface area contributed by atoms with Crippen LogP contribution in [0.1, 0.15) is 60.7 Å². The maximum absolute atomic E-state index is 14.0. The van der Waals surface area contributed by atoms with Gasteiger partial charge in [-0.1, -0.05) is 90.9 Å². The summed E-state index contributed by atoms with van der Waals surface area (Å²) in [5.74, 6) is -1.57. The zero-order valence-corrected chi connectivity index (χ0v) is 36.0. The first-order valence-electron chi connectivity index (χ1n) is 21.0. The molecule has 0 radical (unpaired) electrons. The quantitative estimate of drug-likeness (QED) is 0.0319. The van der Waals surface area contributed by atoms with E-state index < -0.39 is 85.9 Å². The van der Waals surface area contributed by atoms with E-state index in [2.05, 4.69) is 10.0 Å². The van der Waals surface area contributed by atoms with Crippen molar-refractivity contribution in [3.63, 3.8) is 0 Å². The van der Waals surface area contributed by atoms with E-state index in [1.165, 1.54) is 13.2 Å². The molecule has 2 heterocycles. The number of ether oxygens (including phenoxy) is 10. The average molecular weight is 884 g/mol. The van der Waals surface area contributed by atoms with Gasteiger partial charge in [-0.25, -0.2) is 4.79 Å². The molecule has 17 nitrogen and oxygen atoms in total. The SMILES string of the molecule is CCCC(=O)O[C@@H]1[C@@H](OC(=O)c2ccccc2CN=[N+]=[N-])[C@H](Oc2ccc(OC)cc2)O[C@H](CO[C@@H]2O[C@H](C)[C@H](OCc3ccccc3)[C@H](OCc3ccccc3)[C@H]2O)[C@H]1OC(C)=O. The summed E-state index contributed by atoms with van der Waals surface area (Å²) in [4.78, 5) is 43.0. The fraction of sp³-hybridized carbons (Fsp3) is 0.426. The van der Waals surface area contributed by atoms with Crippen LogP contribution in [-0.2, 0) is 67.2 Å². The largest absolute Gasteiger partial charge is 0.497 e. The Kier molecular flexibility index (Phi) is 17.5. The molecule has 6 rings (SSSR count). The number of rotatable bonds is 20. The minimum atomic E-state index is -1.56. The van der Waals surface area contributed by atoms with Crippen LogP contribution in [0.15, 0.2) is 114 Å². The predicted molar refractivity (Wildman–Crippen MR) is 227 cm³/mol. The molecule has 0 unspecified atom stereocenters. The van der Waals surface area contributed by atoms with Crippen molar-refractivity contribution >= 4 is 17.9 Å². The number of esters is 3. The predicted octanol–water partition coefficient (Wildman–Crippen LogP) is 6.77. The Morgan fingerprint density at radius 3 is 1.97 bits per heavy atom. The van der Waals surface area contributed by atoms with E-state index in [4.69, 9.17) is 52.9 Å². The number of methoxy groups -OCH3 is 1. The molecule has 1 N–H and O–H groups in total. The highest BCUT2D eigenvalue weighted by Crippen LogP contribution is 2.34. The number of carbonyl (C=O) groups excluding carboxylic acids is 3. The maximum atomic E-state index is 14.0. The van der Waals surface area contributed by atoms with Gasteiger partial charge in [-0.2, -0.15) is 0 Å². The molecule has 64 heavy (non-hydrogen) atoms. The van der Waals surface area contributed by atoms with Crippen LogP contribution in [-0.4, -0.2) is 98.1 Å². The lowest BCUT2D eigenvalue weighted by Gasteiger charge is -2.46. The molecule has 0 amide bonds. The molecule has 10 atom stereocenters. The first-order valence-corrected chi connectivity index (χ1v) is 21.0. The van der Waals surface area contributed by atoms with Crippen molar-refractivity contribution in [2.75, 3.05) is 13.7 Å². The number of benzene rings is 4. The molecule has 2 fully saturated rings. The first kappa shape index (κ1) is 47.4. The van der Waals surface area contributed by atoms with Gasteiger partial charge in [-0.3, -0.25) is 9.59 Å². The number of carbonyl (C=O) groups is 3. The van der Waals surface area contributed by atoms with Gasteiger partial charge in [0.05, 0.1) is 45.1 Å². The van der Waals surface area contributed by atoms with E-state index in [1.807, 2.05) is 60.7 Å². The van der Waals surface area contributed by atoms with Crippen LogP contribution in [0.4, 0.5) is 0 Å². The first-order chi connectivity index (χ1) is 31.1. The van der Waals surface area contributed by atoms with Gasteiger partial charge in [-0.05, 0) is 65.9 Å². The summed E-state index contributed by atoms with van der Waals surface area (Å²) in [6, 6.07) is 31.8. The van der Waals surface area contributed by atoms with Crippen molar-refractivity contribution in [3.8, 4) is 11.5 Å². The standard InChI is InChI=1S/C47H53N3O14/c1-5-14-38(52)63-43-41(60-30(3)51)37(62-47(61-35-23-21-34(55-4)22-24-35)44(43)64-45(54)36-20-13-12-19-33(36)25-49-50-48)28-58-46-39(53)42(57-27-32-17-10-7-11-18-32)40(29(2)59-46)56-26-31-15-8-6-9-16-31/h6-13,15-24,29,37,39-44,46-47,53H,5,14,25-28H2,1-4H3/t29-,37-,39-,40+,41-,42-,43+,44-,46-,47-/m1/s1. The minimum Gasteiger partial charge on any atom is -0.497 e. The van der Waals surface area contributed by atoms with Crippen LogP contribution in [0.3, 0.4) is 0 Å². The van der Waals surface area contributed by atoms with Gasteiger partial charge >= 0.3 is 17.9 Å². The summed E-state index contributed by atoms with van der Waals surface area (Å²) in [6.07, 6.45) is -12.0. The number of hydrogen-bond donors (Lipinski definition) is 1. The lowest BCUT2D eigenvalue weighted by atomic mass is 9.97. The van der Waals surface area contributed by atoms with Crippen molar-refractivity contribution in [1.82, 2.24) is 0 Å². The van der Waals surface area contributed by atoms with Gasteiger partial charge in [0.2, 0.25) is 12.4 Å². The zero-order valence-electron chi connectivity index (χ0n) is 36.0. The highest BCUT2D eigenvalue weighted by Gasteiger charge is 2.54. The fourth-order valence-corrected chi connectivity index (χ4v) is 7.33. The molecule has 0 bridgehead atoms. The third-order valence-corrected chi connectivity index (χ3v) is 10.5. The second kappa shape index (κ2) is 23.6. The summed E-state index contributed by atoms with van der Waals surface area (Å²) in [5.41, 5.74) is 11.2. The number of azide groups is 1. The maximum Gasteiger partial charge on any atom is 0.339 e. The fourth-order valence-electron chi connectivity index (χ4n) is 7.33. The van der Waals surface area contributed by atoms with Crippen LogP contribution in [0, 0.1) is 0 Å². The number of hydrogen-bond acceptors (Lipinski definition) is 15. The molecular weight excluding hydrogens is 831 g/mol. The van der Waals surface area contributed by atoms with E-state index in [0.29, 0.717) is 17.7 Å². The topological polar surface area (TPSA) is 212 Å². The van der Waals surface area contributed by atoms with Crippen molar-refractivity contribution < 1.29 is 66.9 Å². The summed E-state index contributed by atoms with van der Waals surface area (Å²) < 4.78 is 61.3. The lowest BCUT2D eigenvalue weighted by Crippen LogP contribution is -2.64. The highest BCUT2D eigenvalue weighted by molar-refractivity contribution is 5.91. The second-order valence-electron chi connectivity index (χ2n) is 15.1. The van der Waals surface area contributed by atoms with E-state index >= 15 is 0 Å². The molecule has 0 spiro atoms. The van der Waals surface area contributed by atoms with Crippen LogP contribution in [0.2, 0.25) is 0 Å². The van der Waals surface area contributed by atoms with E-state index in [9.17, 15) is 19.5 Å². The Morgan fingerprint density at radius 2 is 1.34 bits per heavy atom. The summed E-state index contributed by atoms with van der Waals surface area (Å²) in [6.45, 7) is 4.51. The minimum absolute atomic E-state index is 0.0249. The Labute approximate surface area is 371 Å². The lowest BCUT2D eigenvalue weighted by molar-refractivity contribution is -0.328. The van der Waals surface area contributed by atoms with Gasteiger partial charge in [-0.15, -0.1) is 0 Å². The third-order valence-electron chi connectivity index (χ3n) is 10.5. The van der Waals surface area contributed by atoms with Crippen molar-refractivity contribution in [2.24, 2.45) is 5.11 Å². The average Bonchev–Trinajstić information content (AvgIpc) is 3.30. The molecular formula is C47H53N3O14. The van der Waals surface area contributed by atoms with Crippen molar-refractivity contribution in [2.45, 2.75) is 115 Å². The molecule has 17 heteroatoms. The normalized spacial score (nSPS) is 25.3. The molecule has 0 aliphatic carbocycles. The second-order valence-corrected chi connectivity index (χ2v) is 15.1. The van der Waals surface area contributed by atoms with Gasteiger partial charge in [0.25, 0.3) is 0 Å². The molecule has 2 aliphatic rings. The molecule has 4 aromatic rings. The van der Waals surface area contributed by atoms with E-state index in [-0.39, 0.29) is 37.5 Å². The Morgan fingerprint density at radius 1 is 0.719 bits per heavy atom. The van der Waals surface area contributed by atoms with Crippen molar-refractivity contribution in [1.29, 1.82) is 0 Å². The molecule has 0 aromatic heterocycles. The third kappa shape index (κ3) is 12.8. The molecule has 340 valence electrons. The number of nitrogens with zero attached hydrogens (tertiary/aromatic N) is 3. The van der Waals surface area contributed by atoms with Gasteiger partial charge in [0.15, 0.2) is 18.5 Å². The summed E-state index contributed by atoms with van der Waals surface area (Å²) >= 11 is 0. The Bertz CT molecular complexity index is 2160. The van der Waals surface area contributed by atoms with Gasteiger partial charge < -0.3 is 52.5 Å². The van der Waals surface area contributed by atoms with Crippen molar-refractivity contribution in [3.05, 3.63) is 142 Å². The number of aliphatic hydroxyl groups is 1. The monoisotopic (exact) mass is 883 g/mol. The molecule has 2 aliphatic heterocycles. The highest BCUT2D eigenvalue weighted by atomic mass is 16.8. The molecule has 2 saturated heterocycles. The van der Waals surface area contributed by atoms with Crippen LogP contribution in [0.25, 0.3) is 10.4 Å². The van der Waals surface area contributed by atoms with E-state index in [0.717, 1.165) is 18.1 Å². The van der Waals surface area contributed by atoms with E-state index in [1.54, 1.807) is 56.3 Å². The zero-order chi connectivity index (χ0) is 45.4. The number of aliphatic hydroxyl groups excluding tert-OH is 1. The summed E-state index contributed by atoms with van der Waals surface area (Å²) in [5, 5.41) is 15.5. The Balaban J connectivity index is 1.31. The van der Waals surface area contributed by atoms with Gasteiger partial charge in [0.1, 0.15) is 35.9 Å². The smallest absolute Gasteiger partial charge is 0.339 e. The van der Waals surface area contributed by atoms with Crippen LogP contribution < -0.4 is 9.47 Å². The van der Waals surface area contributed by atoms with Gasteiger partial charge in [0, 0.05) is 18.3 Å². The van der Waals surface area contributed by atoms with Crippen LogP contribution >= 0.6 is 0 Å². The van der Waals surface area contributed by atoms with Crippen LogP contribution in [0.5, 0.6) is 11.5 Å². The Hall–Kier alpha value is -6.04. The summed E-state index contributed by atoms with van der Waals surface area (Å²) in [7, 11) is 1.51. The molecule has 4 aromatic carbocycles.